The molecule has 0 atom stereocenters. The summed E-state index contributed by atoms with van der Waals surface area (Å²) >= 11 is 0. The summed E-state index contributed by atoms with van der Waals surface area (Å²) in [6.07, 6.45) is 2.65. The van der Waals surface area contributed by atoms with Gasteiger partial charge in [0.15, 0.2) is 6.67 Å². The van der Waals surface area contributed by atoms with Crippen molar-refractivity contribution in [3.05, 3.63) is 48.0 Å². The summed E-state index contributed by atoms with van der Waals surface area (Å²) in [6, 6.07) is 10.0. The smallest absolute Gasteiger partial charge is 0.258 e. The molecular formula is C14H17N2O2+. The molecule has 94 valence electrons. The van der Waals surface area contributed by atoms with Crippen LogP contribution in [0.25, 0.3) is 0 Å². The minimum Gasteiger partial charge on any atom is -0.307 e. The average molecular weight is 245 g/mol. The number of hydrogen-bond acceptors (Lipinski definition) is 2. The van der Waals surface area contributed by atoms with Gasteiger partial charge < -0.3 is 4.48 Å². The zero-order valence-electron chi connectivity index (χ0n) is 10.7. The molecule has 1 aliphatic rings. The van der Waals surface area contributed by atoms with Gasteiger partial charge in [0.2, 0.25) is 0 Å². The summed E-state index contributed by atoms with van der Waals surface area (Å²) in [5, 5.41) is 0. The van der Waals surface area contributed by atoms with Gasteiger partial charge in [-0.3, -0.25) is 9.59 Å². The number of carbonyl (C=O) groups is 2. The lowest BCUT2D eigenvalue weighted by atomic mass is 10.2. The van der Waals surface area contributed by atoms with E-state index in [1.807, 2.05) is 44.4 Å². The number of imide groups is 1. The van der Waals surface area contributed by atoms with Crippen LogP contribution in [0.3, 0.4) is 0 Å². The summed E-state index contributed by atoms with van der Waals surface area (Å²) in [5.41, 5.74) is 1.19. The Bertz CT molecular complexity index is 474. The zero-order valence-corrected chi connectivity index (χ0v) is 10.7. The molecule has 0 aliphatic carbocycles. The van der Waals surface area contributed by atoms with Gasteiger partial charge >= 0.3 is 0 Å². The Hall–Kier alpha value is -1.94. The maximum absolute atomic E-state index is 11.5. The topological polar surface area (TPSA) is 37.4 Å². The van der Waals surface area contributed by atoms with Gasteiger partial charge in [0.25, 0.3) is 11.8 Å². The average Bonchev–Trinajstić information content (AvgIpc) is 2.61. The molecule has 2 rings (SSSR count). The van der Waals surface area contributed by atoms with Crippen LogP contribution in [0.15, 0.2) is 42.5 Å². The van der Waals surface area contributed by atoms with E-state index in [0.29, 0.717) is 11.2 Å². The summed E-state index contributed by atoms with van der Waals surface area (Å²) < 4.78 is 0.559. The van der Waals surface area contributed by atoms with E-state index in [2.05, 4.69) is 0 Å². The maximum atomic E-state index is 11.5. The predicted octanol–water partition coefficient (Wildman–Crippen LogP) is 1.15. The van der Waals surface area contributed by atoms with Crippen LogP contribution >= 0.6 is 0 Å². The maximum Gasteiger partial charge on any atom is 0.258 e. The van der Waals surface area contributed by atoms with Gasteiger partial charge in [-0.05, 0) is 0 Å². The van der Waals surface area contributed by atoms with Crippen LogP contribution in [0.1, 0.15) is 5.56 Å². The lowest BCUT2D eigenvalue weighted by molar-refractivity contribution is -0.910. The van der Waals surface area contributed by atoms with Crippen molar-refractivity contribution in [2.24, 2.45) is 0 Å². The number of quaternary nitrogens is 1. The fraction of sp³-hybridized carbons (Fsp3) is 0.286. The minimum atomic E-state index is -0.223. The van der Waals surface area contributed by atoms with Crippen molar-refractivity contribution in [3.63, 3.8) is 0 Å². The molecule has 0 spiro atoms. The van der Waals surface area contributed by atoms with Crippen LogP contribution in [0.5, 0.6) is 0 Å². The number of rotatable bonds is 4. The van der Waals surface area contributed by atoms with Gasteiger partial charge in [0, 0.05) is 17.7 Å². The summed E-state index contributed by atoms with van der Waals surface area (Å²) in [5.74, 6) is -0.446. The molecule has 0 fully saturated rings. The van der Waals surface area contributed by atoms with Crippen molar-refractivity contribution in [2.75, 3.05) is 20.8 Å². The first-order valence-electron chi connectivity index (χ1n) is 5.87. The van der Waals surface area contributed by atoms with Crippen LogP contribution in [0.2, 0.25) is 0 Å². The van der Waals surface area contributed by atoms with E-state index in [1.165, 1.54) is 22.6 Å². The molecule has 0 radical (unpaired) electrons. The Morgan fingerprint density at radius 1 is 1.00 bits per heavy atom. The van der Waals surface area contributed by atoms with Crippen molar-refractivity contribution in [1.29, 1.82) is 0 Å². The van der Waals surface area contributed by atoms with Crippen LogP contribution in [0, 0.1) is 0 Å². The quantitative estimate of drug-likeness (QED) is 0.589. The van der Waals surface area contributed by atoms with Crippen molar-refractivity contribution >= 4 is 11.8 Å². The van der Waals surface area contributed by atoms with Crippen molar-refractivity contribution in [3.8, 4) is 0 Å². The Balaban J connectivity index is 2.04. The van der Waals surface area contributed by atoms with Gasteiger partial charge in [0.05, 0.1) is 14.1 Å². The molecule has 0 bridgehead atoms. The highest BCUT2D eigenvalue weighted by Crippen LogP contribution is 2.13. The molecule has 18 heavy (non-hydrogen) atoms. The molecule has 1 aliphatic heterocycles. The molecule has 0 saturated carbocycles. The third-order valence-electron chi connectivity index (χ3n) is 2.88. The van der Waals surface area contributed by atoms with E-state index >= 15 is 0 Å². The largest absolute Gasteiger partial charge is 0.307 e. The summed E-state index contributed by atoms with van der Waals surface area (Å²) in [7, 11) is 4.01. The van der Waals surface area contributed by atoms with Gasteiger partial charge in [-0.2, -0.15) is 0 Å². The first-order chi connectivity index (χ1) is 8.48. The monoisotopic (exact) mass is 245 g/mol. The third-order valence-corrected chi connectivity index (χ3v) is 2.88. The van der Waals surface area contributed by atoms with Crippen LogP contribution in [0.4, 0.5) is 0 Å². The molecule has 1 heterocycles. The highest BCUT2D eigenvalue weighted by Gasteiger charge is 2.30. The molecule has 0 aromatic heterocycles. The second-order valence-electron chi connectivity index (χ2n) is 5.16. The van der Waals surface area contributed by atoms with Gasteiger partial charge in [-0.15, -0.1) is 0 Å². The zero-order chi connectivity index (χ0) is 13.2. The Labute approximate surface area is 107 Å². The normalized spacial score (nSPS) is 15.6. The van der Waals surface area contributed by atoms with E-state index in [9.17, 15) is 9.59 Å². The van der Waals surface area contributed by atoms with Crippen molar-refractivity contribution < 1.29 is 14.1 Å². The fourth-order valence-corrected chi connectivity index (χ4v) is 2.08. The summed E-state index contributed by atoms with van der Waals surface area (Å²) in [4.78, 5) is 24.3. The predicted molar refractivity (Wildman–Crippen MR) is 68.1 cm³/mol. The van der Waals surface area contributed by atoms with E-state index in [4.69, 9.17) is 0 Å². The number of benzene rings is 1. The number of amides is 2. The molecule has 0 N–H and O–H groups in total. The van der Waals surface area contributed by atoms with Crippen LogP contribution in [-0.4, -0.2) is 42.0 Å². The molecule has 0 saturated heterocycles. The molecule has 0 unspecified atom stereocenters. The highest BCUT2D eigenvalue weighted by molar-refractivity contribution is 6.12. The molecule has 1 aromatic carbocycles. The molecule has 2 amide bonds. The molecular weight excluding hydrogens is 228 g/mol. The molecule has 4 heteroatoms. The Morgan fingerprint density at radius 2 is 1.56 bits per heavy atom. The summed E-state index contributed by atoms with van der Waals surface area (Å²) in [6.45, 7) is 1.16. The highest BCUT2D eigenvalue weighted by atomic mass is 16.2. The van der Waals surface area contributed by atoms with E-state index in [1.54, 1.807) is 0 Å². The third kappa shape index (κ3) is 2.84. The van der Waals surface area contributed by atoms with Gasteiger partial charge in [-0.1, -0.05) is 30.3 Å². The molecule has 1 aromatic rings. The Kier molecular flexibility index (Phi) is 3.30. The standard InChI is InChI=1S/C14H17N2O2/c1-16(2,10-12-6-4-3-5-7-12)11-15-13(17)8-9-14(15)18/h3-9H,10-11H2,1-2H3/q+1. The lowest BCUT2D eigenvalue weighted by Crippen LogP contribution is -2.49. The van der Waals surface area contributed by atoms with E-state index in [-0.39, 0.29) is 11.8 Å². The fourth-order valence-electron chi connectivity index (χ4n) is 2.08. The van der Waals surface area contributed by atoms with Crippen molar-refractivity contribution in [1.82, 2.24) is 4.90 Å². The second-order valence-corrected chi connectivity index (χ2v) is 5.16. The van der Waals surface area contributed by atoms with E-state index in [0.717, 1.165) is 6.54 Å². The minimum absolute atomic E-state index is 0.223. The number of hydrogen-bond donors (Lipinski definition) is 0. The SMILES string of the molecule is C[N+](C)(Cc1ccccc1)CN1C(=O)C=CC1=O. The first kappa shape index (κ1) is 12.5. The van der Waals surface area contributed by atoms with E-state index < -0.39 is 0 Å². The lowest BCUT2D eigenvalue weighted by Gasteiger charge is -2.32. The Morgan fingerprint density at radius 3 is 2.11 bits per heavy atom. The van der Waals surface area contributed by atoms with Gasteiger partial charge in [0.1, 0.15) is 6.54 Å². The first-order valence-corrected chi connectivity index (χ1v) is 5.87. The van der Waals surface area contributed by atoms with Crippen LogP contribution in [-0.2, 0) is 16.1 Å². The van der Waals surface area contributed by atoms with Crippen molar-refractivity contribution in [2.45, 2.75) is 6.54 Å². The second kappa shape index (κ2) is 4.74. The van der Waals surface area contributed by atoms with Crippen LogP contribution < -0.4 is 0 Å². The van der Waals surface area contributed by atoms with Gasteiger partial charge in [-0.25, -0.2) is 4.90 Å². The number of nitrogens with zero attached hydrogens (tertiary/aromatic N) is 2. The number of carbonyl (C=O) groups excluding carboxylic acids is 2. The molecule has 4 nitrogen and oxygen atoms in total.